The highest BCUT2D eigenvalue weighted by Gasteiger charge is 2.20. The Hall–Kier alpha value is -2.44. The van der Waals surface area contributed by atoms with Crippen LogP contribution in [0.5, 0.6) is 0 Å². The third kappa shape index (κ3) is 4.12. The molecule has 0 bridgehead atoms. The van der Waals surface area contributed by atoms with E-state index in [4.69, 9.17) is 16.3 Å². The van der Waals surface area contributed by atoms with Gasteiger partial charge in [0.15, 0.2) is 6.61 Å². The van der Waals surface area contributed by atoms with Crippen molar-refractivity contribution < 1.29 is 18.7 Å². The number of aryl methyl sites for hydroxylation is 2. The minimum Gasteiger partial charge on any atom is -0.451 e. The van der Waals surface area contributed by atoms with Crippen LogP contribution in [0.15, 0.2) is 36.4 Å². The van der Waals surface area contributed by atoms with Crippen molar-refractivity contribution in [3.63, 3.8) is 0 Å². The van der Waals surface area contributed by atoms with Gasteiger partial charge in [-0.15, -0.1) is 11.3 Å². The van der Waals surface area contributed by atoms with E-state index in [1.165, 1.54) is 18.2 Å². The number of thiophene rings is 1. The van der Waals surface area contributed by atoms with E-state index in [-0.39, 0.29) is 9.90 Å². The number of carbonyl (C=O) groups is 2. The van der Waals surface area contributed by atoms with E-state index >= 15 is 0 Å². The van der Waals surface area contributed by atoms with Gasteiger partial charge >= 0.3 is 5.97 Å². The molecule has 2 aromatic carbocycles. The fourth-order valence-electron chi connectivity index (χ4n) is 2.74. The second-order valence-corrected chi connectivity index (χ2v) is 7.40. The van der Waals surface area contributed by atoms with Gasteiger partial charge in [0.05, 0.1) is 5.02 Å². The predicted molar refractivity (Wildman–Crippen MR) is 106 cm³/mol. The molecule has 0 saturated carbocycles. The van der Waals surface area contributed by atoms with Crippen LogP contribution in [0.25, 0.3) is 10.1 Å². The van der Waals surface area contributed by atoms with E-state index in [1.807, 2.05) is 32.0 Å². The second kappa shape index (κ2) is 8.06. The molecule has 0 atom stereocenters. The Morgan fingerprint density at radius 1 is 1.26 bits per heavy atom. The first-order chi connectivity index (χ1) is 12.9. The van der Waals surface area contributed by atoms with Crippen LogP contribution in [0.3, 0.4) is 0 Å². The third-order valence-electron chi connectivity index (χ3n) is 4.12. The highest BCUT2D eigenvalue weighted by molar-refractivity contribution is 7.21. The Bertz CT molecular complexity index is 1030. The molecule has 0 unspecified atom stereocenters. The number of nitrogens with one attached hydrogen (secondary N) is 1. The fraction of sp³-hybridized carbons (Fsp3) is 0.200. The molecular formula is C20H17ClFNO3S. The standard InChI is InChI=1S/C20H17ClFNO3S/c1-3-12-6-4-5-11(2)18(12)23-16(24)10-26-20(25)19-17(21)14-8-7-13(22)9-15(14)27-19/h4-9H,3,10H2,1-2H3,(H,23,24). The number of amides is 1. The van der Waals surface area contributed by atoms with Gasteiger partial charge in [0, 0.05) is 15.8 Å². The SMILES string of the molecule is CCc1cccc(C)c1NC(=O)COC(=O)c1sc2cc(F)ccc2c1Cl. The van der Waals surface area contributed by atoms with Crippen molar-refractivity contribution >= 4 is 50.6 Å². The molecule has 7 heteroatoms. The average Bonchev–Trinajstić information content (AvgIpc) is 2.97. The first kappa shape index (κ1) is 19.3. The Balaban J connectivity index is 1.69. The number of fused-ring (bicyclic) bond motifs is 1. The molecule has 3 aromatic rings. The summed E-state index contributed by atoms with van der Waals surface area (Å²) < 4.78 is 19.0. The number of ether oxygens (including phenoxy) is 1. The Kier molecular flexibility index (Phi) is 5.77. The van der Waals surface area contributed by atoms with E-state index in [1.54, 1.807) is 0 Å². The average molecular weight is 406 g/mol. The van der Waals surface area contributed by atoms with Crippen LogP contribution in [0, 0.1) is 12.7 Å². The molecule has 1 heterocycles. The molecule has 0 aliphatic carbocycles. The van der Waals surface area contributed by atoms with Crippen LogP contribution in [0.2, 0.25) is 5.02 Å². The molecule has 0 fully saturated rings. The van der Waals surface area contributed by atoms with Gasteiger partial charge in [-0.05, 0) is 42.7 Å². The summed E-state index contributed by atoms with van der Waals surface area (Å²) in [6.45, 7) is 3.46. The summed E-state index contributed by atoms with van der Waals surface area (Å²) in [5.41, 5.74) is 2.67. The van der Waals surface area contributed by atoms with Gasteiger partial charge < -0.3 is 10.1 Å². The minimum absolute atomic E-state index is 0.148. The first-order valence-electron chi connectivity index (χ1n) is 8.33. The van der Waals surface area contributed by atoms with Crippen molar-refractivity contribution in [2.45, 2.75) is 20.3 Å². The van der Waals surface area contributed by atoms with Gasteiger partial charge in [0.1, 0.15) is 10.7 Å². The number of carbonyl (C=O) groups excluding carboxylic acids is 2. The molecule has 4 nitrogen and oxygen atoms in total. The monoisotopic (exact) mass is 405 g/mol. The molecule has 0 aliphatic heterocycles. The van der Waals surface area contributed by atoms with E-state index in [0.717, 1.165) is 34.6 Å². The maximum atomic E-state index is 13.3. The van der Waals surface area contributed by atoms with Crippen LogP contribution in [0.4, 0.5) is 10.1 Å². The maximum Gasteiger partial charge on any atom is 0.350 e. The lowest BCUT2D eigenvalue weighted by atomic mass is 10.1. The Morgan fingerprint density at radius 2 is 2.04 bits per heavy atom. The van der Waals surface area contributed by atoms with Crippen molar-refractivity contribution in [2.24, 2.45) is 0 Å². The molecule has 0 saturated heterocycles. The van der Waals surface area contributed by atoms with E-state index < -0.39 is 24.3 Å². The van der Waals surface area contributed by atoms with Crippen LogP contribution < -0.4 is 5.32 Å². The number of benzene rings is 2. The number of hydrogen-bond acceptors (Lipinski definition) is 4. The van der Waals surface area contributed by atoms with Gasteiger partial charge in [-0.25, -0.2) is 9.18 Å². The van der Waals surface area contributed by atoms with Crippen molar-refractivity contribution in [2.75, 3.05) is 11.9 Å². The van der Waals surface area contributed by atoms with Gasteiger partial charge in [0.2, 0.25) is 0 Å². The van der Waals surface area contributed by atoms with Crippen molar-refractivity contribution in [3.05, 3.63) is 63.2 Å². The van der Waals surface area contributed by atoms with Gasteiger partial charge in [-0.1, -0.05) is 36.7 Å². The molecule has 27 heavy (non-hydrogen) atoms. The first-order valence-corrected chi connectivity index (χ1v) is 9.53. The van der Waals surface area contributed by atoms with E-state index in [0.29, 0.717) is 10.1 Å². The Morgan fingerprint density at radius 3 is 2.78 bits per heavy atom. The number of para-hydroxylation sites is 1. The summed E-state index contributed by atoms with van der Waals surface area (Å²) >= 11 is 7.23. The lowest BCUT2D eigenvalue weighted by molar-refractivity contribution is -0.119. The normalized spacial score (nSPS) is 10.8. The summed E-state index contributed by atoms with van der Waals surface area (Å²) in [5, 5.41) is 3.57. The van der Waals surface area contributed by atoms with Crippen LogP contribution >= 0.6 is 22.9 Å². The Labute approximate surface area is 164 Å². The lowest BCUT2D eigenvalue weighted by Crippen LogP contribution is -2.21. The van der Waals surface area contributed by atoms with Gasteiger partial charge in [0.25, 0.3) is 5.91 Å². The molecule has 1 aromatic heterocycles. The summed E-state index contributed by atoms with van der Waals surface area (Å²) in [7, 11) is 0. The maximum absolute atomic E-state index is 13.3. The smallest absolute Gasteiger partial charge is 0.350 e. The lowest BCUT2D eigenvalue weighted by Gasteiger charge is -2.13. The quantitative estimate of drug-likeness (QED) is 0.581. The molecule has 140 valence electrons. The molecule has 3 rings (SSSR count). The van der Waals surface area contributed by atoms with Crippen LogP contribution in [-0.2, 0) is 16.0 Å². The van der Waals surface area contributed by atoms with E-state index in [9.17, 15) is 14.0 Å². The van der Waals surface area contributed by atoms with Gasteiger partial charge in [-0.3, -0.25) is 4.79 Å². The predicted octanol–water partition coefficient (Wildman–Crippen LogP) is 5.36. The third-order valence-corrected chi connectivity index (χ3v) is 5.75. The van der Waals surface area contributed by atoms with Crippen LogP contribution in [0.1, 0.15) is 27.7 Å². The fourth-order valence-corrected chi connectivity index (χ4v) is 4.17. The zero-order valence-electron chi connectivity index (χ0n) is 14.8. The highest BCUT2D eigenvalue weighted by atomic mass is 35.5. The topological polar surface area (TPSA) is 55.4 Å². The van der Waals surface area contributed by atoms with Crippen LogP contribution in [-0.4, -0.2) is 18.5 Å². The summed E-state index contributed by atoms with van der Waals surface area (Å²) in [6, 6.07) is 9.85. The highest BCUT2D eigenvalue weighted by Crippen LogP contribution is 2.36. The van der Waals surface area contributed by atoms with E-state index in [2.05, 4.69) is 5.32 Å². The molecule has 1 amide bonds. The minimum atomic E-state index is -0.711. The number of rotatable bonds is 5. The molecule has 1 N–H and O–H groups in total. The number of hydrogen-bond donors (Lipinski definition) is 1. The summed E-state index contributed by atoms with van der Waals surface area (Å²) in [6.07, 6.45) is 0.769. The molecule has 0 aliphatic rings. The van der Waals surface area contributed by atoms with Crippen molar-refractivity contribution in [3.8, 4) is 0 Å². The number of halogens is 2. The second-order valence-electron chi connectivity index (χ2n) is 5.97. The largest absolute Gasteiger partial charge is 0.451 e. The van der Waals surface area contributed by atoms with Gasteiger partial charge in [-0.2, -0.15) is 0 Å². The molecule has 0 spiro atoms. The number of esters is 1. The number of anilines is 1. The molecular weight excluding hydrogens is 389 g/mol. The summed E-state index contributed by atoms with van der Waals surface area (Å²) in [5.74, 6) is -1.56. The van der Waals surface area contributed by atoms with Crippen molar-refractivity contribution in [1.82, 2.24) is 0 Å². The summed E-state index contributed by atoms with van der Waals surface area (Å²) in [4.78, 5) is 24.6. The zero-order chi connectivity index (χ0) is 19.6. The van der Waals surface area contributed by atoms with Crippen molar-refractivity contribution in [1.29, 1.82) is 0 Å². The molecule has 0 radical (unpaired) electrons. The zero-order valence-corrected chi connectivity index (χ0v) is 16.3.